The van der Waals surface area contributed by atoms with Crippen molar-refractivity contribution in [2.45, 2.75) is 39.5 Å². The Hall–Kier alpha value is -1.76. The predicted molar refractivity (Wildman–Crippen MR) is 84.2 cm³/mol. The number of hydrogen-bond acceptors (Lipinski definition) is 1. The van der Waals surface area contributed by atoms with Crippen LogP contribution < -0.4 is 5.32 Å². The third-order valence-electron chi connectivity index (χ3n) is 3.29. The van der Waals surface area contributed by atoms with Crippen molar-refractivity contribution < 1.29 is 0 Å². The second-order valence-electron chi connectivity index (χ2n) is 4.98. The van der Waals surface area contributed by atoms with Gasteiger partial charge in [-0.3, -0.25) is 0 Å². The number of rotatable bonds is 6. The summed E-state index contributed by atoms with van der Waals surface area (Å²) < 4.78 is 0. The van der Waals surface area contributed by atoms with Gasteiger partial charge in [0.1, 0.15) is 0 Å². The van der Waals surface area contributed by atoms with Crippen molar-refractivity contribution in [2.75, 3.05) is 5.32 Å². The molecule has 0 heterocycles. The van der Waals surface area contributed by atoms with Gasteiger partial charge < -0.3 is 5.32 Å². The highest BCUT2D eigenvalue weighted by Gasteiger charge is 2.04. The monoisotopic (exact) mass is 253 g/mol. The molecule has 0 amide bonds. The minimum absolute atomic E-state index is 1.13. The fraction of sp³-hybridized carbons (Fsp3) is 0.333. The highest BCUT2D eigenvalue weighted by Crippen LogP contribution is 2.24. The molecule has 0 spiro atoms. The molecule has 0 unspecified atom stereocenters. The van der Waals surface area contributed by atoms with Gasteiger partial charge in [0.25, 0.3) is 0 Å². The van der Waals surface area contributed by atoms with Crippen molar-refractivity contribution in [3.05, 3.63) is 59.7 Å². The van der Waals surface area contributed by atoms with Gasteiger partial charge in [-0.05, 0) is 42.2 Å². The molecule has 0 saturated carbocycles. The molecule has 0 aliphatic carbocycles. The first-order valence-electron chi connectivity index (χ1n) is 7.27. The zero-order valence-corrected chi connectivity index (χ0v) is 11.9. The number of anilines is 2. The van der Waals surface area contributed by atoms with E-state index in [1.54, 1.807) is 0 Å². The van der Waals surface area contributed by atoms with E-state index in [1.807, 2.05) is 6.07 Å². The summed E-state index contributed by atoms with van der Waals surface area (Å²) in [5, 5.41) is 3.56. The van der Waals surface area contributed by atoms with E-state index in [-0.39, 0.29) is 0 Å². The fourth-order valence-corrected chi connectivity index (χ4v) is 2.35. The molecule has 1 nitrogen and oxygen atoms in total. The lowest BCUT2D eigenvalue weighted by molar-refractivity contribution is 0.905. The van der Waals surface area contributed by atoms with E-state index in [1.165, 1.54) is 29.7 Å². The van der Waals surface area contributed by atoms with Crippen LogP contribution >= 0.6 is 0 Å². The second-order valence-corrected chi connectivity index (χ2v) is 4.98. The molecule has 0 aromatic heterocycles. The molecule has 0 radical (unpaired) electrons. The van der Waals surface area contributed by atoms with Crippen LogP contribution in [0.25, 0.3) is 0 Å². The molecular formula is C18H23N. The second kappa shape index (κ2) is 6.98. The molecule has 2 rings (SSSR count). The van der Waals surface area contributed by atoms with Crippen molar-refractivity contribution in [1.82, 2.24) is 0 Å². The van der Waals surface area contributed by atoms with Gasteiger partial charge >= 0.3 is 0 Å². The predicted octanol–water partition coefficient (Wildman–Crippen LogP) is 5.34. The molecule has 0 atom stereocenters. The topological polar surface area (TPSA) is 12.0 Å². The Morgan fingerprint density at radius 2 is 1.58 bits per heavy atom. The maximum absolute atomic E-state index is 3.56. The number of aryl methyl sites for hydroxylation is 2. The first-order valence-corrected chi connectivity index (χ1v) is 7.27. The lowest BCUT2D eigenvalue weighted by atomic mass is 10.0. The van der Waals surface area contributed by atoms with Gasteiger partial charge in [0, 0.05) is 11.4 Å². The molecule has 100 valence electrons. The van der Waals surface area contributed by atoms with Crippen LogP contribution in [0.4, 0.5) is 11.4 Å². The Balaban J connectivity index is 2.26. The molecule has 1 heteroatoms. The number of para-hydroxylation sites is 1. The summed E-state index contributed by atoms with van der Waals surface area (Å²) in [7, 11) is 0. The van der Waals surface area contributed by atoms with Crippen molar-refractivity contribution in [1.29, 1.82) is 0 Å². The average Bonchev–Trinajstić information content (AvgIpc) is 2.43. The van der Waals surface area contributed by atoms with Gasteiger partial charge in [0.2, 0.25) is 0 Å². The van der Waals surface area contributed by atoms with E-state index in [4.69, 9.17) is 0 Å². The Kier molecular flexibility index (Phi) is 5.02. The first-order chi connectivity index (χ1) is 9.33. The van der Waals surface area contributed by atoms with Crippen LogP contribution in [0.5, 0.6) is 0 Å². The smallest absolute Gasteiger partial charge is 0.0419 e. The van der Waals surface area contributed by atoms with Crippen LogP contribution in [0.1, 0.15) is 37.8 Å². The van der Waals surface area contributed by atoms with Gasteiger partial charge in [-0.1, -0.05) is 57.0 Å². The van der Waals surface area contributed by atoms with Crippen LogP contribution in [0.2, 0.25) is 0 Å². The van der Waals surface area contributed by atoms with Crippen molar-refractivity contribution in [2.24, 2.45) is 0 Å². The number of nitrogens with one attached hydrogen (secondary N) is 1. The molecule has 0 fully saturated rings. The number of hydrogen-bond donors (Lipinski definition) is 1. The summed E-state index contributed by atoms with van der Waals surface area (Å²) in [5.41, 5.74) is 5.25. The van der Waals surface area contributed by atoms with Crippen LogP contribution in [-0.4, -0.2) is 0 Å². The third kappa shape index (κ3) is 3.85. The lowest BCUT2D eigenvalue weighted by Gasteiger charge is -2.13. The Bertz CT molecular complexity index is 502. The van der Waals surface area contributed by atoms with Gasteiger partial charge in [-0.25, -0.2) is 0 Å². The minimum atomic E-state index is 1.13. The summed E-state index contributed by atoms with van der Waals surface area (Å²) in [6.07, 6.45) is 4.64. The van der Waals surface area contributed by atoms with E-state index >= 15 is 0 Å². The molecular weight excluding hydrogens is 230 g/mol. The number of benzene rings is 2. The van der Waals surface area contributed by atoms with E-state index in [9.17, 15) is 0 Å². The van der Waals surface area contributed by atoms with Gasteiger partial charge in [-0.2, -0.15) is 0 Å². The van der Waals surface area contributed by atoms with Gasteiger partial charge in [0.15, 0.2) is 0 Å². The highest BCUT2D eigenvalue weighted by atomic mass is 14.9. The molecule has 0 aliphatic rings. The maximum Gasteiger partial charge on any atom is 0.0419 e. The highest BCUT2D eigenvalue weighted by molar-refractivity contribution is 5.64. The Morgan fingerprint density at radius 1 is 0.842 bits per heavy atom. The van der Waals surface area contributed by atoms with E-state index in [2.05, 4.69) is 61.6 Å². The fourth-order valence-electron chi connectivity index (χ4n) is 2.35. The van der Waals surface area contributed by atoms with E-state index in [0.29, 0.717) is 0 Å². The summed E-state index contributed by atoms with van der Waals surface area (Å²) >= 11 is 0. The summed E-state index contributed by atoms with van der Waals surface area (Å²) in [5.74, 6) is 0. The first kappa shape index (κ1) is 13.7. The quantitative estimate of drug-likeness (QED) is 0.733. The Morgan fingerprint density at radius 3 is 2.26 bits per heavy atom. The van der Waals surface area contributed by atoms with E-state index in [0.717, 1.165) is 18.5 Å². The molecule has 19 heavy (non-hydrogen) atoms. The molecule has 1 N–H and O–H groups in total. The third-order valence-corrected chi connectivity index (χ3v) is 3.29. The van der Waals surface area contributed by atoms with Crippen molar-refractivity contribution in [3.63, 3.8) is 0 Å². The molecule has 0 saturated heterocycles. The van der Waals surface area contributed by atoms with E-state index < -0.39 is 0 Å². The SMILES string of the molecule is CCCc1ccc(CCC)c(Nc2ccccc2)c1. The summed E-state index contributed by atoms with van der Waals surface area (Å²) in [6, 6.07) is 17.3. The zero-order chi connectivity index (χ0) is 13.5. The Labute approximate surface area is 116 Å². The average molecular weight is 253 g/mol. The zero-order valence-electron chi connectivity index (χ0n) is 11.9. The summed E-state index contributed by atoms with van der Waals surface area (Å²) in [4.78, 5) is 0. The standard InChI is InChI=1S/C18H23N/c1-3-8-15-12-13-16(9-4-2)18(14-15)19-17-10-6-5-7-11-17/h5-7,10-14,19H,3-4,8-9H2,1-2H3. The van der Waals surface area contributed by atoms with Crippen LogP contribution in [0.3, 0.4) is 0 Å². The van der Waals surface area contributed by atoms with Gasteiger partial charge in [-0.15, -0.1) is 0 Å². The molecule has 2 aromatic rings. The van der Waals surface area contributed by atoms with Crippen molar-refractivity contribution in [3.8, 4) is 0 Å². The molecule has 2 aromatic carbocycles. The summed E-state index contributed by atoms with van der Waals surface area (Å²) in [6.45, 7) is 4.45. The largest absolute Gasteiger partial charge is 0.355 e. The van der Waals surface area contributed by atoms with Crippen LogP contribution in [-0.2, 0) is 12.8 Å². The molecule has 0 aliphatic heterocycles. The normalized spacial score (nSPS) is 10.4. The lowest BCUT2D eigenvalue weighted by Crippen LogP contribution is -1.98. The molecule has 0 bridgehead atoms. The van der Waals surface area contributed by atoms with Gasteiger partial charge in [0.05, 0.1) is 0 Å². The van der Waals surface area contributed by atoms with Crippen LogP contribution in [0, 0.1) is 0 Å². The van der Waals surface area contributed by atoms with Crippen LogP contribution in [0.15, 0.2) is 48.5 Å². The maximum atomic E-state index is 3.56. The van der Waals surface area contributed by atoms with Crippen molar-refractivity contribution >= 4 is 11.4 Å². The minimum Gasteiger partial charge on any atom is -0.355 e.